The van der Waals surface area contributed by atoms with Crippen LogP contribution in [0, 0.1) is 0 Å². The number of halogens is 3. The number of alkyl halides is 3. The predicted octanol–water partition coefficient (Wildman–Crippen LogP) is 6.07. The first-order valence-electron chi connectivity index (χ1n) is 11.3. The van der Waals surface area contributed by atoms with Crippen molar-refractivity contribution in [3.05, 3.63) is 90.5 Å². The SMILES string of the molecule is C[Si](C)(O)CCCNC(=O)c1ccc(S(OS(=O)(=O)C(F)(F)F)(c2ccccc2)c2ccccc2)cc1. The van der Waals surface area contributed by atoms with Crippen LogP contribution in [0.2, 0.25) is 19.1 Å². The smallest absolute Gasteiger partial charge is 0.432 e. The van der Waals surface area contributed by atoms with Crippen molar-refractivity contribution in [3.8, 4) is 0 Å². The zero-order valence-electron chi connectivity index (χ0n) is 20.2. The maximum Gasteiger partial charge on any atom is 0.524 e. The number of rotatable bonds is 10. The Hall–Kier alpha value is -2.64. The molecule has 6 nitrogen and oxygen atoms in total. The quantitative estimate of drug-likeness (QED) is 0.175. The number of nitrogens with one attached hydrogen (secondary N) is 1. The number of carbonyl (C=O) groups is 1. The standard InChI is InChI=1S/C25H28F3NO5S2Si/c1-37(2,33)19-9-18-29-24(30)20-14-16-23(17-15-20)35(21-10-5-3-6-11-21,22-12-7-4-8-13-22)34-36(31,32)25(26,27)28/h3-8,10-17,33H,9,18-19H2,1-2H3,(H,29,30). The monoisotopic (exact) mass is 571 g/mol. The Balaban J connectivity index is 2.06. The summed E-state index contributed by atoms with van der Waals surface area (Å²) in [5.74, 6) is -0.396. The van der Waals surface area contributed by atoms with Gasteiger partial charge in [0.15, 0.2) is 8.32 Å². The molecule has 1 amide bonds. The molecule has 0 spiro atoms. The summed E-state index contributed by atoms with van der Waals surface area (Å²) in [7, 11) is -11.7. The molecule has 0 aliphatic rings. The van der Waals surface area contributed by atoms with Gasteiger partial charge < -0.3 is 10.1 Å². The molecular weight excluding hydrogens is 543 g/mol. The third-order valence-corrected chi connectivity index (χ3v) is 11.8. The Kier molecular flexibility index (Phi) is 8.91. The molecule has 0 heterocycles. The summed E-state index contributed by atoms with van der Waals surface area (Å²) >= 11 is 0. The van der Waals surface area contributed by atoms with Crippen LogP contribution in [0.15, 0.2) is 99.6 Å². The lowest BCUT2D eigenvalue weighted by Crippen LogP contribution is -2.29. The van der Waals surface area contributed by atoms with Gasteiger partial charge in [-0.3, -0.25) is 4.79 Å². The molecule has 0 aromatic heterocycles. The second-order valence-electron chi connectivity index (χ2n) is 8.85. The van der Waals surface area contributed by atoms with Crippen LogP contribution >= 0.6 is 10.3 Å². The Morgan fingerprint density at radius 1 is 0.865 bits per heavy atom. The number of hydrogen-bond donors (Lipinski definition) is 2. The van der Waals surface area contributed by atoms with Crippen molar-refractivity contribution in [2.45, 2.75) is 45.8 Å². The minimum Gasteiger partial charge on any atom is -0.432 e. The van der Waals surface area contributed by atoms with E-state index in [1.165, 1.54) is 48.5 Å². The van der Waals surface area contributed by atoms with Gasteiger partial charge in [-0.25, -0.2) is 0 Å². The molecule has 3 rings (SSSR count). The zero-order chi connectivity index (χ0) is 27.3. The van der Waals surface area contributed by atoms with Gasteiger partial charge >= 0.3 is 15.6 Å². The first-order valence-corrected chi connectivity index (χ1v) is 17.4. The fourth-order valence-corrected chi connectivity index (χ4v) is 9.33. The van der Waals surface area contributed by atoms with E-state index in [-0.39, 0.29) is 20.2 Å². The molecule has 0 radical (unpaired) electrons. The fourth-order valence-electron chi connectivity index (χ4n) is 3.55. The molecule has 0 fully saturated rings. The van der Waals surface area contributed by atoms with Gasteiger partial charge in [-0.05, 0) is 84.4 Å². The number of hydrogen-bond acceptors (Lipinski definition) is 5. The molecule has 0 saturated heterocycles. The molecular formula is C25H28F3NO5S2Si. The summed E-state index contributed by atoms with van der Waals surface area (Å²) in [5, 5.41) is 2.75. The maximum atomic E-state index is 13.5. The van der Waals surface area contributed by atoms with Crippen molar-refractivity contribution in [2.24, 2.45) is 0 Å². The van der Waals surface area contributed by atoms with Gasteiger partial charge in [0.2, 0.25) is 0 Å². The molecule has 3 aromatic carbocycles. The molecule has 200 valence electrons. The highest BCUT2D eigenvalue weighted by Crippen LogP contribution is 2.70. The molecule has 0 saturated carbocycles. The molecule has 0 aliphatic carbocycles. The normalized spacial score (nSPS) is 13.2. The topological polar surface area (TPSA) is 92.7 Å². The molecule has 0 atom stereocenters. The largest absolute Gasteiger partial charge is 0.524 e. The number of amides is 1. The molecule has 0 aliphatic heterocycles. The third-order valence-electron chi connectivity index (χ3n) is 5.32. The van der Waals surface area contributed by atoms with E-state index in [9.17, 15) is 31.2 Å². The summed E-state index contributed by atoms with van der Waals surface area (Å²) in [6.45, 7) is 3.97. The van der Waals surface area contributed by atoms with Crippen molar-refractivity contribution in [1.29, 1.82) is 0 Å². The van der Waals surface area contributed by atoms with Crippen molar-refractivity contribution >= 4 is 34.7 Å². The van der Waals surface area contributed by atoms with Gasteiger partial charge in [0.1, 0.15) is 0 Å². The molecule has 2 N–H and O–H groups in total. The van der Waals surface area contributed by atoms with Crippen LogP contribution < -0.4 is 5.32 Å². The van der Waals surface area contributed by atoms with Crippen molar-refractivity contribution in [1.82, 2.24) is 5.32 Å². The van der Waals surface area contributed by atoms with Gasteiger partial charge in [-0.15, -0.1) is 0 Å². The van der Waals surface area contributed by atoms with E-state index in [1.807, 2.05) is 13.1 Å². The van der Waals surface area contributed by atoms with Gasteiger partial charge in [0.25, 0.3) is 5.91 Å². The predicted molar refractivity (Wildman–Crippen MR) is 139 cm³/mol. The van der Waals surface area contributed by atoms with Gasteiger partial charge in [0, 0.05) is 26.8 Å². The average Bonchev–Trinajstić information content (AvgIpc) is 2.85. The summed E-state index contributed by atoms with van der Waals surface area (Å²) in [4.78, 5) is 23.2. The lowest BCUT2D eigenvalue weighted by Gasteiger charge is -2.39. The first-order chi connectivity index (χ1) is 17.3. The van der Waals surface area contributed by atoms with E-state index in [4.69, 9.17) is 3.63 Å². The lowest BCUT2D eigenvalue weighted by molar-refractivity contribution is -0.0496. The minimum atomic E-state index is -6.01. The lowest BCUT2D eigenvalue weighted by atomic mass is 10.2. The summed E-state index contributed by atoms with van der Waals surface area (Å²) in [6.07, 6.45) is 0.609. The highest BCUT2D eigenvalue weighted by Gasteiger charge is 2.52. The third kappa shape index (κ3) is 7.02. The van der Waals surface area contributed by atoms with Crippen LogP contribution in [0.1, 0.15) is 16.8 Å². The van der Waals surface area contributed by atoms with Crippen molar-refractivity contribution in [3.63, 3.8) is 0 Å². The molecule has 12 heteroatoms. The molecule has 0 unspecified atom stereocenters. The summed E-state index contributed by atoms with van der Waals surface area (Å²) in [6, 6.07) is 22.0. The number of benzene rings is 3. The van der Waals surface area contributed by atoms with Gasteiger partial charge in [-0.2, -0.15) is 25.2 Å². The van der Waals surface area contributed by atoms with E-state index >= 15 is 0 Å². The highest BCUT2D eigenvalue weighted by molar-refractivity contribution is 8.33. The van der Waals surface area contributed by atoms with E-state index in [2.05, 4.69) is 5.32 Å². The van der Waals surface area contributed by atoms with E-state index < -0.39 is 40.2 Å². The van der Waals surface area contributed by atoms with Crippen LogP contribution in [0.3, 0.4) is 0 Å². The van der Waals surface area contributed by atoms with Crippen LogP contribution in [0.4, 0.5) is 13.2 Å². The van der Waals surface area contributed by atoms with E-state index in [1.54, 1.807) is 36.4 Å². The molecule has 0 bridgehead atoms. The average molecular weight is 572 g/mol. The fraction of sp³-hybridized carbons (Fsp3) is 0.240. The van der Waals surface area contributed by atoms with Gasteiger partial charge in [0.05, 0.1) is 0 Å². The minimum absolute atomic E-state index is 0.169. The molecule has 37 heavy (non-hydrogen) atoms. The number of carbonyl (C=O) groups excluding carboxylic acids is 1. The summed E-state index contributed by atoms with van der Waals surface area (Å²) in [5.41, 5.74) is -5.39. The Labute approximate surface area is 217 Å². The second kappa shape index (κ2) is 11.4. The second-order valence-corrected chi connectivity index (χ2v) is 17.4. The van der Waals surface area contributed by atoms with Crippen LogP contribution in [0.25, 0.3) is 0 Å². The Morgan fingerprint density at radius 3 is 1.76 bits per heavy atom. The Bertz CT molecular complexity index is 1260. The first kappa shape index (κ1) is 28.9. The molecule has 3 aromatic rings. The Morgan fingerprint density at radius 2 is 1.32 bits per heavy atom. The summed E-state index contributed by atoms with van der Waals surface area (Å²) < 4.78 is 70.5. The van der Waals surface area contributed by atoms with Crippen LogP contribution in [-0.4, -0.2) is 39.5 Å². The van der Waals surface area contributed by atoms with Crippen molar-refractivity contribution in [2.75, 3.05) is 6.54 Å². The zero-order valence-corrected chi connectivity index (χ0v) is 22.9. The van der Waals surface area contributed by atoms with Crippen molar-refractivity contribution < 1.29 is 34.8 Å². The van der Waals surface area contributed by atoms with Crippen LogP contribution in [0.5, 0.6) is 0 Å². The maximum absolute atomic E-state index is 13.5. The van der Waals surface area contributed by atoms with E-state index in [0.29, 0.717) is 19.0 Å². The van der Waals surface area contributed by atoms with Gasteiger partial charge in [-0.1, -0.05) is 36.4 Å². The highest BCUT2D eigenvalue weighted by atomic mass is 32.3. The van der Waals surface area contributed by atoms with Crippen LogP contribution in [-0.2, 0) is 13.7 Å². The van der Waals surface area contributed by atoms with E-state index in [0.717, 1.165) is 0 Å².